The van der Waals surface area contributed by atoms with E-state index in [4.69, 9.17) is 16.0 Å². The average molecular weight is 310 g/mol. The Kier molecular flexibility index (Phi) is 3.21. The van der Waals surface area contributed by atoms with Gasteiger partial charge in [0.05, 0.1) is 0 Å². The Labute approximate surface area is 131 Å². The summed E-state index contributed by atoms with van der Waals surface area (Å²) in [5.74, 6) is 3.38. The Hall–Kier alpha value is -0.770. The molecule has 2 atom stereocenters. The molecular formula is C16H24ClN3O. The lowest BCUT2D eigenvalue weighted by molar-refractivity contribution is -0.0605. The van der Waals surface area contributed by atoms with Crippen LogP contribution in [0.3, 0.4) is 0 Å². The molecule has 1 heterocycles. The second kappa shape index (κ2) is 4.87. The first-order chi connectivity index (χ1) is 10.0. The Balaban J connectivity index is 1.50. The summed E-state index contributed by atoms with van der Waals surface area (Å²) in [5, 5.41) is 11.3. The molecule has 4 nitrogen and oxygen atoms in total. The predicted octanol–water partition coefficient (Wildman–Crippen LogP) is 4.39. The molecule has 4 bridgehead atoms. The van der Waals surface area contributed by atoms with Crippen molar-refractivity contribution in [1.29, 1.82) is 0 Å². The van der Waals surface area contributed by atoms with Crippen LogP contribution in [-0.4, -0.2) is 16.2 Å². The van der Waals surface area contributed by atoms with Crippen LogP contribution >= 0.6 is 11.6 Å². The molecule has 0 amide bonds. The van der Waals surface area contributed by atoms with Crippen molar-refractivity contribution in [3.05, 3.63) is 5.89 Å². The van der Waals surface area contributed by atoms with Gasteiger partial charge in [0.2, 0.25) is 5.89 Å². The first-order valence-electron chi connectivity index (χ1n) is 8.28. The zero-order valence-electron chi connectivity index (χ0n) is 12.8. The molecule has 5 heteroatoms. The summed E-state index contributed by atoms with van der Waals surface area (Å²) in [6.07, 6.45) is 8.54. The van der Waals surface area contributed by atoms with Gasteiger partial charge in [0.25, 0.3) is 0 Å². The van der Waals surface area contributed by atoms with E-state index in [-0.39, 0.29) is 5.38 Å². The summed E-state index contributed by atoms with van der Waals surface area (Å²) in [4.78, 5) is 0. The molecule has 0 saturated heterocycles. The third-order valence-corrected chi connectivity index (χ3v) is 6.31. The molecule has 1 N–H and O–H groups in total. The van der Waals surface area contributed by atoms with Crippen LogP contribution in [0.4, 0.5) is 6.01 Å². The summed E-state index contributed by atoms with van der Waals surface area (Å²) in [5.41, 5.74) is 0.440. The fourth-order valence-electron chi connectivity index (χ4n) is 5.50. The number of halogens is 1. The Morgan fingerprint density at radius 2 is 1.67 bits per heavy atom. The van der Waals surface area contributed by atoms with Gasteiger partial charge >= 0.3 is 6.01 Å². The molecule has 4 fully saturated rings. The van der Waals surface area contributed by atoms with Crippen LogP contribution in [0.1, 0.15) is 63.6 Å². The Morgan fingerprint density at radius 3 is 2.14 bits per heavy atom. The molecule has 1 aromatic heterocycles. The Bertz CT molecular complexity index is 492. The Morgan fingerprint density at radius 1 is 1.10 bits per heavy atom. The van der Waals surface area contributed by atoms with Gasteiger partial charge < -0.3 is 9.73 Å². The van der Waals surface area contributed by atoms with Gasteiger partial charge in [-0.3, -0.25) is 0 Å². The van der Waals surface area contributed by atoms with Crippen molar-refractivity contribution in [3.63, 3.8) is 0 Å². The largest absolute Gasteiger partial charge is 0.406 e. The lowest BCUT2D eigenvalue weighted by atomic mass is 9.48. The van der Waals surface area contributed by atoms with E-state index in [1.165, 1.54) is 38.5 Å². The number of nitrogens with zero attached hydrogens (tertiary/aromatic N) is 2. The monoisotopic (exact) mass is 309 g/mol. The number of aromatic nitrogens is 2. The fraction of sp³-hybridized carbons (Fsp3) is 0.875. The third-order valence-electron chi connectivity index (χ3n) is 6.13. The minimum Gasteiger partial charge on any atom is -0.406 e. The molecule has 2 unspecified atom stereocenters. The van der Waals surface area contributed by atoms with Gasteiger partial charge in [-0.25, -0.2) is 0 Å². The van der Waals surface area contributed by atoms with Gasteiger partial charge in [-0.15, -0.1) is 16.7 Å². The highest BCUT2D eigenvalue weighted by atomic mass is 35.5. The van der Waals surface area contributed by atoms with Crippen molar-refractivity contribution in [2.24, 2.45) is 23.2 Å². The second-order valence-corrected chi connectivity index (χ2v) is 8.36. The van der Waals surface area contributed by atoms with E-state index in [9.17, 15) is 0 Å². The molecule has 0 radical (unpaired) electrons. The molecule has 1 aromatic rings. The van der Waals surface area contributed by atoms with Gasteiger partial charge in [0, 0.05) is 6.04 Å². The SMILES string of the molecule is CC(Cl)c1nnc(NC(C)C23CC4CC(CC(C4)C2)C3)o1. The zero-order chi connectivity index (χ0) is 14.6. The standard InChI is InChI=1S/C16H24ClN3O/c1-9(17)14-19-20-15(21-14)18-10(2)16-6-11-3-12(7-16)5-13(4-11)8-16/h9-13H,3-8H2,1-2H3,(H,18,20). The maximum absolute atomic E-state index is 5.99. The van der Waals surface area contributed by atoms with Gasteiger partial charge in [-0.1, -0.05) is 5.10 Å². The number of alkyl halides is 1. The molecule has 21 heavy (non-hydrogen) atoms. The van der Waals surface area contributed by atoms with E-state index in [0.717, 1.165) is 17.8 Å². The quantitative estimate of drug-likeness (QED) is 0.838. The van der Waals surface area contributed by atoms with Crippen LogP contribution in [0.25, 0.3) is 0 Å². The maximum Gasteiger partial charge on any atom is 0.315 e. The highest BCUT2D eigenvalue weighted by molar-refractivity contribution is 6.20. The molecule has 0 spiro atoms. The molecular weight excluding hydrogens is 286 g/mol. The summed E-state index contributed by atoms with van der Waals surface area (Å²) >= 11 is 5.99. The molecule has 0 aliphatic heterocycles. The lowest BCUT2D eigenvalue weighted by Gasteiger charge is -2.59. The molecule has 116 valence electrons. The molecule has 4 aliphatic rings. The highest BCUT2D eigenvalue weighted by Gasteiger charge is 2.53. The smallest absolute Gasteiger partial charge is 0.315 e. The van der Waals surface area contributed by atoms with Crippen molar-refractivity contribution >= 4 is 17.6 Å². The van der Waals surface area contributed by atoms with Gasteiger partial charge in [-0.05, 0) is 75.5 Å². The topological polar surface area (TPSA) is 51.0 Å². The summed E-state index contributed by atoms with van der Waals surface area (Å²) < 4.78 is 5.61. The third kappa shape index (κ3) is 2.36. The molecule has 0 aromatic carbocycles. The van der Waals surface area contributed by atoms with Crippen molar-refractivity contribution in [3.8, 4) is 0 Å². The first kappa shape index (κ1) is 13.9. The van der Waals surface area contributed by atoms with Crippen molar-refractivity contribution < 1.29 is 4.42 Å². The number of rotatable bonds is 4. The number of nitrogens with one attached hydrogen (secondary N) is 1. The molecule has 4 aliphatic carbocycles. The fourth-order valence-corrected chi connectivity index (χ4v) is 5.59. The van der Waals surface area contributed by atoms with E-state index in [1.807, 2.05) is 6.92 Å². The highest BCUT2D eigenvalue weighted by Crippen LogP contribution is 2.61. The molecule has 5 rings (SSSR count). The zero-order valence-corrected chi connectivity index (χ0v) is 13.6. The number of hydrogen-bond acceptors (Lipinski definition) is 4. The first-order valence-corrected chi connectivity index (χ1v) is 8.72. The van der Waals surface area contributed by atoms with Gasteiger partial charge in [-0.2, -0.15) is 0 Å². The van der Waals surface area contributed by atoms with E-state index in [1.54, 1.807) is 0 Å². The van der Waals surface area contributed by atoms with Crippen molar-refractivity contribution in [2.75, 3.05) is 5.32 Å². The van der Waals surface area contributed by atoms with Crippen LogP contribution in [0.15, 0.2) is 4.42 Å². The van der Waals surface area contributed by atoms with Crippen LogP contribution in [0.2, 0.25) is 0 Å². The van der Waals surface area contributed by atoms with E-state index >= 15 is 0 Å². The normalized spacial score (nSPS) is 40.2. The minimum atomic E-state index is -0.233. The minimum absolute atomic E-state index is 0.233. The predicted molar refractivity (Wildman–Crippen MR) is 82.3 cm³/mol. The van der Waals surface area contributed by atoms with E-state index < -0.39 is 0 Å². The molecule has 4 saturated carbocycles. The second-order valence-electron chi connectivity index (χ2n) is 7.71. The van der Waals surface area contributed by atoms with E-state index in [0.29, 0.717) is 23.4 Å². The van der Waals surface area contributed by atoms with Crippen LogP contribution in [-0.2, 0) is 0 Å². The summed E-state index contributed by atoms with van der Waals surface area (Å²) in [6.45, 7) is 4.14. The summed E-state index contributed by atoms with van der Waals surface area (Å²) in [6, 6.07) is 0.922. The lowest BCUT2D eigenvalue weighted by Crippen LogP contribution is -2.52. The summed E-state index contributed by atoms with van der Waals surface area (Å²) in [7, 11) is 0. The number of anilines is 1. The maximum atomic E-state index is 5.99. The van der Waals surface area contributed by atoms with Gasteiger partial charge in [0.1, 0.15) is 5.38 Å². The van der Waals surface area contributed by atoms with Crippen molar-refractivity contribution in [1.82, 2.24) is 10.2 Å². The van der Waals surface area contributed by atoms with Crippen LogP contribution in [0, 0.1) is 23.2 Å². The average Bonchev–Trinajstić information content (AvgIpc) is 2.85. The number of hydrogen-bond donors (Lipinski definition) is 1. The van der Waals surface area contributed by atoms with Crippen LogP contribution in [0.5, 0.6) is 0 Å². The van der Waals surface area contributed by atoms with Crippen molar-refractivity contribution in [2.45, 2.75) is 63.8 Å². The van der Waals surface area contributed by atoms with E-state index in [2.05, 4.69) is 22.4 Å². The van der Waals surface area contributed by atoms with Gasteiger partial charge in [0.15, 0.2) is 0 Å². The van der Waals surface area contributed by atoms with Crippen LogP contribution < -0.4 is 5.32 Å².